The van der Waals surface area contributed by atoms with Crippen molar-refractivity contribution in [2.75, 3.05) is 26.7 Å². The lowest BCUT2D eigenvalue weighted by atomic mass is 10.0. The van der Waals surface area contributed by atoms with Gasteiger partial charge in [0.05, 0.1) is 12.6 Å². The molecule has 12 N–H and O–H groups in total. The van der Waals surface area contributed by atoms with Crippen LogP contribution in [0.5, 0.6) is 0 Å². The number of likely N-dealkylation sites (N-methyl/N-ethyl adjacent to an activating group) is 1. The van der Waals surface area contributed by atoms with Crippen LogP contribution < -0.4 is 39.3 Å². The monoisotopic (exact) mass is 485 g/mol. The van der Waals surface area contributed by atoms with Crippen LogP contribution in [0, 0.1) is 5.92 Å². The smallest absolute Gasteiger partial charge is 0.245 e. The van der Waals surface area contributed by atoms with E-state index in [0.717, 1.165) is 0 Å². The van der Waals surface area contributed by atoms with Crippen LogP contribution in [0.2, 0.25) is 0 Å². The highest BCUT2D eigenvalue weighted by atomic mass is 16.2. The SMILES string of the molecule is CC(C)C[C@H](N)C(=O)N[C@@H](CCCN=C(N)N)C(=O)N(C)CC(=O)N[C@@H](CCCCN)C(N)=O. The maximum atomic E-state index is 13.0. The number of primary amides is 1. The molecule has 0 aromatic heterocycles. The molecule has 0 aliphatic carbocycles. The Morgan fingerprint density at radius 1 is 0.941 bits per heavy atom. The van der Waals surface area contributed by atoms with Gasteiger partial charge in [-0.25, -0.2) is 0 Å². The number of carbonyl (C=O) groups excluding carboxylic acids is 4. The molecule has 0 aromatic carbocycles. The third-order valence-corrected chi connectivity index (χ3v) is 5.00. The summed E-state index contributed by atoms with van der Waals surface area (Å²) >= 11 is 0. The van der Waals surface area contributed by atoms with E-state index in [-0.39, 0.29) is 31.4 Å². The van der Waals surface area contributed by atoms with Crippen molar-refractivity contribution in [1.29, 1.82) is 0 Å². The number of nitrogens with two attached hydrogens (primary N) is 5. The van der Waals surface area contributed by atoms with Gasteiger partial charge < -0.3 is 44.2 Å². The maximum absolute atomic E-state index is 13.0. The average molecular weight is 486 g/mol. The predicted octanol–water partition coefficient (Wildman–Crippen LogP) is -2.54. The van der Waals surface area contributed by atoms with Gasteiger partial charge in [-0.3, -0.25) is 24.2 Å². The molecule has 0 radical (unpaired) electrons. The molecule has 0 spiro atoms. The molecular formula is C21H43N9O4. The van der Waals surface area contributed by atoms with E-state index in [1.165, 1.54) is 11.9 Å². The van der Waals surface area contributed by atoms with E-state index >= 15 is 0 Å². The summed E-state index contributed by atoms with van der Waals surface area (Å²) in [6.07, 6.45) is 2.78. The van der Waals surface area contributed by atoms with Crippen LogP contribution in [0.15, 0.2) is 4.99 Å². The number of nitrogens with one attached hydrogen (secondary N) is 2. The van der Waals surface area contributed by atoms with Crippen molar-refractivity contribution in [3.8, 4) is 0 Å². The summed E-state index contributed by atoms with van der Waals surface area (Å²) in [6.45, 7) is 4.29. The fraction of sp³-hybridized carbons (Fsp3) is 0.762. The van der Waals surface area contributed by atoms with Crippen LogP contribution in [0.3, 0.4) is 0 Å². The summed E-state index contributed by atoms with van der Waals surface area (Å²) in [4.78, 5) is 54.6. The third-order valence-electron chi connectivity index (χ3n) is 5.00. The summed E-state index contributed by atoms with van der Waals surface area (Å²) in [5.41, 5.74) is 27.4. The molecule has 4 amide bonds. The molecule has 0 aliphatic rings. The fourth-order valence-electron chi connectivity index (χ4n) is 3.23. The number of rotatable bonds is 17. The number of guanidine groups is 1. The minimum absolute atomic E-state index is 0.0740. The fourth-order valence-corrected chi connectivity index (χ4v) is 3.23. The number of hydrogen-bond acceptors (Lipinski definition) is 7. The topological polar surface area (TPSA) is 238 Å². The van der Waals surface area contributed by atoms with Crippen molar-refractivity contribution < 1.29 is 19.2 Å². The van der Waals surface area contributed by atoms with Gasteiger partial charge in [-0.15, -0.1) is 0 Å². The molecule has 13 heteroatoms. The van der Waals surface area contributed by atoms with Crippen LogP contribution >= 0.6 is 0 Å². The number of nitrogens with zero attached hydrogens (tertiary/aromatic N) is 2. The summed E-state index contributed by atoms with van der Waals surface area (Å²) < 4.78 is 0. The Balaban J connectivity index is 5.16. The number of aliphatic imine (C=N–C) groups is 1. The first kappa shape index (κ1) is 31.1. The Morgan fingerprint density at radius 3 is 2.09 bits per heavy atom. The van der Waals surface area contributed by atoms with Crippen LogP contribution in [-0.2, 0) is 19.2 Å². The van der Waals surface area contributed by atoms with E-state index in [9.17, 15) is 19.2 Å². The Hall–Kier alpha value is -2.93. The number of amides is 4. The van der Waals surface area contributed by atoms with Gasteiger partial charge in [0.2, 0.25) is 23.6 Å². The van der Waals surface area contributed by atoms with E-state index in [0.29, 0.717) is 38.6 Å². The molecule has 13 nitrogen and oxygen atoms in total. The van der Waals surface area contributed by atoms with Gasteiger partial charge in [0.1, 0.15) is 12.1 Å². The predicted molar refractivity (Wildman–Crippen MR) is 131 cm³/mol. The lowest BCUT2D eigenvalue weighted by molar-refractivity contribution is -0.139. The molecule has 0 heterocycles. The molecule has 196 valence electrons. The van der Waals surface area contributed by atoms with Crippen molar-refractivity contribution in [1.82, 2.24) is 15.5 Å². The first-order valence-corrected chi connectivity index (χ1v) is 11.5. The lowest BCUT2D eigenvalue weighted by Gasteiger charge is -2.26. The molecule has 0 saturated heterocycles. The minimum Gasteiger partial charge on any atom is -0.370 e. The molecular weight excluding hydrogens is 442 g/mol. The van der Waals surface area contributed by atoms with E-state index < -0.39 is 41.8 Å². The van der Waals surface area contributed by atoms with Gasteiger partial charge in [-0.2, -0.15) is 0 Å². The molecule has 0 rings (SSSR count). The van der Waals surface area contributed by atoms with Gasteiger partial charge in [0.15, 0.2) is 5.96 Å². The van der Waals surface area contributed by atoms with Gasteiger partial charge in [-0.1, -0.05) is 13.8 Å². The standard InChI is InChI=1S/C21H43N9O4/c1-13(2)11-14(23)19(33)29-16(8-6-10-27-21(25)26)20(34)30(3)12-17(31)28-15(18(24)32)7-4-5-9-22/h13-16H,4-12,22-23H2,1-3H3,(H2,24,32)(H,28,31)(H,29,33)(H4,25,26,27)/t14-,15-,16-/m0/s1. The summed E-state index contributed by atoms with van der Waals surface area (Å²) in [7, 11) is 1.43. The van der Waals surface area contributed by atoms with E-state index in [1.54, 1.807) is 0 Å². The molecule has 34 heavy (non-hydrogen) atoms. The molecule has 0 fully saturated rings. The highest BCUT2D eigenvalue weighted by molar-refractivity contribution is 5.93. The molecule has 3 atom stereocenters. The Morgan fingerprint density at radius 2 is 1.56 bits per heavy atom. The van der Waals surface area contributed by atoms with Crippen molar-refractivity contribution in [2.45, 2.75) is 70.5 Å². The second-order valence-electron chi connectivity index (χ2n) is 8.75. The highest BCUT2D eigenvalue weighted by Crippen LogP contribution is 2.07. The number of hydrogen-bond donors (Lipinski definition) is 7. The third kappa shape index (κ3) is 13.6. The Kier molecular flexibility index (Phi) is 15.2. The summed E-state index contributed by atoms with van der Waals surface area (Å²) in [6, 6.07) is -2.55. The van der Waals surface area contributed by atoms with E-state index in [1.807, 2.05) is 13.8 Å². The zero-order valence-electron chi connectivity index (χ0n) is 20.6. The quantitative estimate of drug-likeness (QED) is 0.0656. The van der Waals surface area contributed by atoms with Gasteiger partial charge in [0, 0.05) is 13.6 Å². The Labute approximate surface area is 201 Å². The van der Waals surface area contributed by atoms with Crippen LogP contribution in [0.4, 0.5) is 0 Å². The van der Waals surface area contributed by atoms with E-state index in [2.05, 4.69) is 15.6 Å². The molecule has 0 saturated carbocycles. The second kappa shape index (κ2) is 16.6. The number of carbonyl (C=O) groups is 4. The van der Waals surface area contributed by atoms with Gasteiger partial charge >= 0.3 is 0 Å². The second-order valence-corrected chi connectivity index (χ2v) is 8.75. The lowest BCUT2D eigenvalue weighted by Crippen LogP contribution is -2.54. The van der Waals surface area contributed by atoms with Crippen molar-refractivity contribution in [3.05, 3.63) is 0 Å². The van der Waals surface area contributed by atoms with Gasteiger partial charge in [0.25, 0.3) is 0 Å². The Bertz CT molecular complexity index is 696. The average Bonchev–Trinajstić information content (AvgIpc) is 2.73. The van der Waals surface area contributed by atoms with Gasteiger partial charge in [-0.05, 0) is 51.0 Å². The van der Waals surface area contributed by atoms with Crippen molar-refractivity contribution >= 4 is 29.6 Å². The van der Waals surface area contributed by atoms with Crippen LogP contribution in [0.1, 0.15) is 52.4 Å². The van der Waals surface area contributed by atoms with Crippen LogP contribution in [-0.4, -0.2) is 79.3 Å². The minimum atomic E-state index is -0.922. The molecule has 0 aromatic rings. The molecule has 0 unspecified atom stereocenters. The zero-order chi connectivity index (χ0) is 26.3. The zero-order valence-corrected chi connectivity index (χ0v) is 20.6. The first-order valence-electron chi connectivity index (χ1n) is 11.5. The molecule has 0 bridgehead atoms. The first-order chi connectivity index (χ1) is 15.9. The summed E-state index contributed by atoms with van der Waals surface area (Å²) in [5, 5.41) is 5.22. The molecule has 0 aliphatic heterocycles. The maximum Gasteiger partial charge on any atom is 0.245 e. The normalized spacial score (nSPS) is 13.5. The van der Waals surface area contributed by atoms with Crippen molar-refractivity contribution in [3.63, 3.8) is 0 Å². The summed E-state index contributed by atoms with van der Waals surface area (Å²) in [5.74, 6) is -2.02. The van der Waals surface area contributed by atoms with Crippen molar-refractivity contribution in [2.24, 2.45) is 39.6 Å². The number of unbranched alkanes of at least 4 members (excludes halogenated alkanes) is 1. The van der Waals surface area contributed by atoms with E-state index in [4.69, 9.17) is 28.7 Å². The highest BCUT2D eigenvalue weighted by Gasteiger charge is 2.28. The van der Waals surface area contributed by atoms with Crippen LogP contribution in [0.25, 0.3) is 0 Å². The largest absolute Gasteiger partial charge is 0.370 e.